The Labute approximate surface area is 207 Å². The van der Waals surface area contributed by atoms with Gasteiger partial charge in [-0.3, -0.25) is 38.6 Å². The van der Waals surface area contributed by atoms with Gasteiger partial charge in [0.25, 0.3) is 23.6 Å². The normalized spacial score (nSPS) is 19.6. The highest BCUT2D eigenvalue weighted by Crippen LogP contribution is 2.34. The van der Waals surface area contributed by atoms with E-state index in [0.717, 1.165) is 9.80 Å². The molecule has 194 valence electrons. The van der Waals surface area contributed by atoms with Gasteiger partial charge in [0.15, 0.2) is 0 Å². The molecule has 0 saturated carbocycles. The Bertz CT molecular complexity index is 932. The van der Waals surface area contributed by atoms with Crippen LogP contribution >= 0.6 is 0 Å². The van der Waals surface area contributed by atoms with Gasteiger partial charge in [0.05, 0.1) is 19.6 Å². The summed E-state index contributed by atoms with van der Waals surface area (Å²) in [6, 6.07) is 0. The van der Waals surface area contributed by atoms with Gasteiger partial charge in [-0.1, -0.05) is 0 Å². The van der Waals surface area contributed by atoms with Crippen LogP contribution in [0.2, 0.25) is 0 Å². The van der Waals surface area contributed by atoms with Crippen LogP contribution in [0.1, 0.15) is 32.1 Å². The third-order valence-electron chi connectivity index (χ3n) is 6.37. The monoisotopic (exact) mass is 503 g/mol. The van der Waals surface area contributed by atoms with Gasteiger partial charge in [0, 0.05) is 55.4 Å². The minimum atomic E-state index is -1.15. The van der Waals surface area contributed by atoms with Crippen molar-refractivity contribution < 1.29 is 43.7 Å². The summed E-state index contributed by atoms with van der Waals surface area (Å²) in [6.07, 6.45) is 7.40. The standard InChI is InChI=1S/C24H29N3O9/c28-17-3-4-18(29)25(17)12-1-10-24(16-36-14-9-23(34)35,15-27-21(32)7-8-22(27)33)11-2-13-26-19(30)5-6-20(26)31/h3-8,21,32H,1-2,9-16H2,(H,34,35). The first-order chi connectivity index (χ1) is 17.1. The van der Waals surface area contributed by atoms with Crippen molar-refractivity contribution in [3.63, 3.8) is 0 Å². The number of carboxylic acids is 1. The van der Waals surface area contributed by atoms with Crippen molar-refractivity contribution in [1.82, 2.24) is 14.7 Å². The maximum Gasteiger partial charge on any atom is 0.305 e. The molecule has 36 heavy (non-hydrogen) atoms. The van der Waals surface area contributed by atoms with E-state index in [2.05, 4.69) is 0 Å². The van der Waals surface area contributed by atoms with Gasteiger partial charge in [-0.05, 0) is 31.8 Å². The van der Waals surface area contributed by atoms with Gasteiger partial charge in [0.2, 0.25) is 5.91 Å². The summed E-state index contributed by atoms with van der Waals surface area (Å²) >= 11 is 0. The van der Waals surface area contributed by atoms with Crippen LogP contribution in [-0.2, 0) is 33.5 Å². The Morgan fingerprint density at radius 2 is 1.33 bits per heavy atom. The number of imide groups is 2. The molecule has 5 amide bonds. The molecule has 0 spiro atoms. The number of carbonyl (C=O) groups is 6. The van der Waals surface area contributed by atoms with E-state index in [4.69, 9.17) is 9.84 Å². The van der Waals surface area contributed by atoms with E-state index in [1.165, 1.54) is 41.4 Å². The predicted octanol–water partition coefficient (Wildman–Crippen LogP) is -0.409. The number of aliphatic hydroxyl groups is 1. The Morgan fingerprint density at radius 1 is 0.833 bits per heavy atom. The molecule has 0 radical (unpaired) electrons. The molecule has 0 fully saturated rings. The molecule has 0 aliphatic carbocycles. The molecular formula is C24H29N3O9. The Morgan fingerprint density at radius 3 is 1.75 bits per heavy atom. The number of nitrogens with zero attached hydrogens (tertiary/aromatic N) is 3. The van der Waals surface area contributed by atoms with E-state index < -0.39 is 47.1 Å². The summed E-state index contributed by atoms with van der Waals surface area (Å²) < 4.78 is 5.68. The van der Waals surface area contributed by atoms with E-state index in [9.17, 15) is 33.9 Å². The van der Waals surface area contributed by atoms with E-state index in [0.29, 0.717) is 25.7 Å². The number of hydrogen-bond donors (Lipinski definition) is 2. The van der Waals surface area contributed by atoms with Crippen LogP contribution in [0.4, 0.5) is 0 Å². The van der Waals surface area contributed by atoms with Crippen LogP contribution in [0.3, 0.4) is 0 Å². The van der Waals surface area contributed by atoms with Crippen LogP contribution in [0.15, 0.2) is 36.5 Å². The van der Waals surface area contributed by atoms with Crippen molar-refractivity contribution in [3.8, 4) is 0 Å². The quantitative estimate of drug-likeness (QED) is 0.223. The molecule has 12 heteroatoms. The fourth-order valence-corrected chi connectivity index (χ4v) is 4.48. The number of ether oxygens (including phenoxy) is 1. The second kappa shape index (κ2) is 11.9. The molecule has 0 bridgehead atoms. The highest BCUT2D eigenvalue weighted by molar-refractivity contribution is 6.13. The molecule has 3 aliphatic rings. The van der Waals surface area contributed by atoms with E-state index in [1.54, 1.807) is 0 Å². The molecule has 0 aromatic carbocycles. The minimum Gasteiger partial charge on any atom is -0.481 e. The average molecular weight is 504 g/mol. The lowest BCUT2D eigenvalue weighted by Gasteiger charge is -2.39. The number of hydrogen-bond acceptors (Lipinski definition) is 8. The SMILES string of the molecule is O=C(O)CCOCC(CCCN1C(=O)C=CC1=O)(CCCN1C(=O)C=CC1=O)CN1C(=O)C=CC1O. The van der Waals surface area contributed by atoms with Crippen molar-refractivity contribution in [2.24, 2.45) is 5.41 Å². The van der Waals surface area contributed by atoms with Crippen molar-refractivity contribution in [1.29, 1.82) is 0 Å². The number of carbonyl (C=O) groups excluding carboxylic acids is 5. The molecule has 3 aliphatic heterocycles. The van der Waals surface area contributed by atoms with E-state index >= 15 is 0 Å². The van der Waals surface area contributed by atoms with Crippen molar-refractivity contribution >= 4 is 35.5 Å². The van der Waals surface area contributed by atoms with Crippen molar-refractivity contribution in [2.45, 2.75) is 38.3 Å². The van der Waals surface area contributed by atoms with Gasteiger partial charge in [-0.15, -0.1) is 0 Å². The lowest BCUT2D eigenvalue weighted by Crippen LogP contribution is -2.46. The predicted molar refractivity (Wildman–Crippen MR) is 123 cm³/mol. The number of amides is 5. The molecule has 2 N–H and O–H groups in total. The topological polar surface area (TPSA) is 162 Å². The molecule has 1 unspecified atom stereocenters. The zero-order valence-electron chi connectivity index (χ0n) is 19.7. The van der Waals surface area contributed by atoms with Crippen molar-refractivity contribution in [2.75, 3.05) is 32.8 Å². The van der Waals surface area contributed by atoms with Gasteiger partial charge in [-0.2, -0.15) is 0 Å². The molecule has 0 aromatic heterocycles. The maximum absolute atomic E-state index is 12.4. The smallest absolute Gasteiger partial charge is 0.305 e. The van der Waals surface area contributed by atoms with Gasteiger partial charge >= 0.3 is 5.97 Å². The fraction of sp³-hybridized carbons (Fsp3) is 0.500. The number of carboxylic acid groups (broad SMARTS) is 1. The van der Waals surface area contributed by atoms with Crippen LogP contribution in [0, 0.1) is 5.41 Å². The molecule has 1 atom stereocenters. The molecule has 3 heterocycles. The first-order valence-electron chi connectivity index (χ1n) is 11.7. The van der Waals surface area contributed by atoms with Gasteiger partial charge in [0.1, 0.15) is 6.23 Å². The summed E-state index contributed by atoms with van der Waals surface area (Å²) in [6.45, 7) is 0.253. The Kier molecular flexibility index (Phi) is 8.88. The second-order valence-electron chi connectivity index (χ2n) is 8.97. The van der Waals surface area contributed by atoms with Gasteiger partial charge < -0.3 is 19.8 Å². The third-order valence-corrected chi connectivity index (χ3v) is 6.37. The number of aliphatic hydroxyl groups excluding tert-OH is 1. The third kappa shape index (κ3) is 6.73. The summed E-state index contributed by atoms with van der Waals surface area (Å²) in [5.74, 6) is -3.12. The van der Waals surface area contributed by atoms with Gasteiger partial charge in [-0.25, -0.2) is 0 Å². The molecule has 12 nitrogen and oxygen atoms in total. The first kappa shape index (κ1) is 27.0. The van der Waals surface area contributed by atoms with Crippen LogP contribution in [0.5, 0.6) is 0 Å². The summed E-state index contributed by atoms with van der Waals surface area (Å²) in [4.78, 5) is 74.5. The second-order valence-corrected chi connectivity index (χ2v) is 8.97. The highest BCUT2D eigenvalue weighted by Gasteiger charge is 2.38. The minimum absolute atomic E-state index is 0.0249. The number of rotatable bonds is 15. The van der Waals surface area contributed by atoms with E-state index in [-0.39, 0.29) is 39.3 Å². The first-order valence-corrected chi connectivity index (χ1v) is 11.7. The summed E-state index contributed by atoms with van der Waals surface area (Å²) in [5, 5.41) is 19.2. The zero-order valence-corrected chi connectivity index (χ0v) is 19.7. The lowest BCUT2D eigenvalue weighted by atomic mass is 9.78. The Balaban J connectivity index is 1.74. The molecule has 0 aromatic rings. The molecular weight excluding hydrogens is 474 g/mol. The highest BCUT2D eigenvalue weighted by atomic mass is 16.5. The van der Waals surface area contributed by atoms with Crippen molar-refractivity contribution in [3.05, 3.63) is 36.5 Å². The average Bonchev–Trinajstić information content (AvgIpc) is 3.44. The zero-order chi connectivity index (χ0) is 26.3. The van der Waals surface area contributed by atoms with E-state index in [1.807, 2.05) is 0 Å². The molecule has 0 saturated heterocycles. The largest absolute Gasteiger partial charge is 0.481 e. The number of aliphatic carboxylic acids is 1. The van der Waals surface area contributed by atoms with Crippen LogP contribution < -0.4 is 0 Å². The maximum atomic E-state index is 12.4. The van der Waals surface area contributed by atoms with Crippen LogP contribution in [0.25, 0.3) is 0 Å². The molecule has 3 rings (SSSR count). The lowest BCUT2D eigenvalue weighted by molar-refractivity contribution is -0.139. The Hall–Kier alpha value is -3.64. The fourth-order valence-electron chi connectivity index (χ4n) is 4.48. The summed E-state index contributed by atoms with van der Waals surface area (Å²) in [5.41, 5.74) is -0.820. The van der Waals surface area contributed by atoms with Crippen LogP contribution in [-0.4, -0.2) is 99.5 Å². The summed E-state index contributed by atoms with van der Waals surface area (Å²) in [7, 11) is 0.